The van der Waals surface area contributed by atoms with Crippen LogP contribution in [0.2, 0.25) is 0 Å². The first kappa shape index (κ1) is 19.2. The first-order valence-corrected chi connectivity index (χ1v) is 11.5. The third kappa shape index (κ3) is 3.39. The second-order valence-electron chi connectivity index (χ2n) is 7.50. The van der Waals surface area contributed by atoms with Gasteiger partial charge in [0.25, 0.3) is 0 Å². The Morgan fingerprint density at radius 1 is 1.10 bits per heavy atom. The van der Waals surface area contributed by atoms with Gasteiger partial charge in [0.1, 0.15) is 29.4 Å². The Hall–Kier alpha value is -2.73. The topological polar surface area (TPSA) is 50.9 Å². The van der Waals surface area contributed by atoms with Crippen molar-refractivity contribution in [2.75, 3.05) is 12.4 Å². The van der Waals surface area contributed by atoms with Crippen LogP contribution in [0.15, 0.2) is 70.2 Å². The zero-order chi connectivity index (χ0) is 20.5. The second kappa shape index (κ2) is 8.19. The fourth-order valence-electron chi connectivity index (χ4n) is 4.21. The summed E-state index contributed by atoms with van der Waals surface area (Å²) in [5.74, 6) is 3.75. The summed E-state index contributed by atoms with van der Waals surface area (Å²) in [7, 11) is 0. The van der Waals surface area contributed by atoms with Gasteiger partial charge in [-0.1, -0.05) is 24.8 Å². The van der Waals surface area contributed by atoms with Crippen molar-refractivity contribution in [2.24, 2.45) is 4.99 Å². The first-order chi connectivity index (χ1) is 14.8. The van der Waals surface area contributed by atoms with Crippen LogP contribution in [0.25, 0.3) is 11.3 Å². The molecule has 3 atom stereocenters. The normalized spacial score (nSPS) is 22.8. The van der Waals surface area contributed by atoms with Gasteiger partial charge in [0, 0.05) is 23.6 Å². The van der Waals surface area contributed by atoms with E-state index in [1.807, 2.05) is 61.3 Å². The number of furan rings is 1. The lowest BCUT2D eigenvalue weighted by Gasteiger charge is -2.30. The zero-order valence-corrected chi connectivity index (χ0v) is 18.0. The molecule has 2 aliphatic heterocycles. The van der Waals surface area contributed by atoms with Crippen LogP contribution in [0.1, 0.15) is 43.8 Å². The third-order valence-electron chi connectivity index (χ3n) is 5.70. The van der Waals surface area contributed by atoms with Crippen molar-refractivity contribution < 1.29 is 9.15 Å². The van der Waals surface area contributed by atoms with Gasteiger partial charge < -0.3 is 14.1 Å². The number of hydrogen-bond acceptors (Lipinski definition) is 6. The lowest BCUT2D eigenvalue weighted by Crippen LogP contribution is -2.35. The van der Waals surface area contributed by atoms with Gasteiger partial charge in [-0.25, -0.2) is 4.99 Å². The Kier molecular flexibility index (Phi) is 5.25. The van der Waals surface area contributed by atoms with Gasteiger partial charge in [-0.3, -0.25) is 4.98 Å². The SMILES string of the molecule is CCOc1ccc(-c2ccc([C@@H]3[C@H](c4ccccn4)N=C4SC[C@H](CC)N43)o2)cc1. The highest BCUT2D eigenvalue weighted by Gasteiger charge is 2.46. The van der Waals surface area contributed by atoms with E-state index in [1.165, 1.54) is 0 Å². The second-order valence-corrected chi connectivity index (χ2v) is 8.48. The van der Waals surface area contributed by atoms with E-state index in [-0.39, 0.29) is 12.1 Å². The molecule has 0 amide bonds. The minimum absolute atomic E-state index is 0.0336. The van der Waals surface area contributed by atoms with Crippen molar-refractivity contribution in [3.05, 3.63) is 72.2 Å². The molecule has 1 fully saturated rings. The predicted octanol–water partition coefficient (Wildman–Crippen LogP) is 5.72. The Labute approximate surface area is 181 Å². The van der Waals surface area contributed by atoms with Crippen molar-refractivity contribution in [1.82, 2.24) is 9.88 Å². The van der Waals surface area contributed by atoms with Gasteiger partial charge >= 0.3 is 0 Å². The molecule has 2 aliphatic rings. The highest BCUT2D eigenvalue weighted by atomic mass is 32.2. The van der Waals surface area contributed by atoms with Crippen LogP contribution in [0, 0.1) is 0 Å². The van der Waals surface area contributed by atoms with Crippen LogP contribution in [0.4, 0.5) is 0 Å². The summed E-state index contributed by atoms with van der Waals surface area (Å²) < 4.78 is 12.0. The zero-order valence-electron chi connectivity index (χ0n) is 17.2. The molecule has 4 heterocycles. The molecule has 0 aliphatic carbocycles. The average molecular weight is 420 g/mol. The molecule has 5 nitrogen and oxygen atoms in total. The molecule has 154 valence electrons. The van der Waals surface area contributed by atoms with E-state index in [2.05, 4.69) is 35.0 Å². The number of aromatic nitrogens is 1. The minimum Gasteiger partial charge on any atom is -0.494 e. The van der Waals surface area contributed by atoms with E-state index < -0.39 is 0 Å². The number of fused-ring (bicyclic) bond motifs is 1. The van der Waals surface area contributed by atoms with Crippen molar-refractivity contribution in [3.63, 3.8) is 0 Å². The van der Waals surface area contributed by atoms with Gasteiger partial charge in [-0.05, 0) is 61.9 Å². The van der Waals surface area contributed by atoms with E-state index >= 15 is 0 Å². The molecule has 0 saturated carbocycles. The van der Waals surface area contributed by atoms with Gasteiger partial charge in [0.05, 0.1) is 12.3 Å². The molecule has 5 rings (SSSR count). The molecular formula is C24H25N3O2S. The van der Waals surface area contributed by atoms with Crippen molar-refractivity contribution >= 4 is 16.9 Å². The molecule has 0 N–H and O–H groups in total. The fraction of sp³-hybridized carbons (Fsp3) is 0.333. The Morgan fingerprint density at radius 2 is 1.97 bits per heavy atom. The number of pyridine rings is 1. The Bertz CT molecular complexity index is 1030. The standard InChI is InChI=1S/C24H25N3O2S/c1-3-17-15-30-24-26-22(19-7-5-6-14-25-19)23(27(17)24)21-13-12-20(29-21)16-8-10-18(11-9-16)28-4-2/h5-14,17,22-23H,3-4,15H2,1-2H3/t17-,22-,23+/m0/s1. The first-order valence-electron chi connectivity index (χ1n) is 10.5. The van der Waals surface area contributed by atoms with Crippen molar-refractivity contribution in [3.8, 4) is 17.1 Å². The molecule has 30 heavy (non-hydrogen) atoms. The van der Waals surface area contributed by atoms with Gasteiger partial charge in [0.2, 0.25) is 0 Å². The third-order valence-corrected chi connectivity index (χ3v) is 6.82. The maximum Gasteiger partial charge on any atom is 0.161 e. The summed E-state index contributed by atoms with van der Waals surface area (Å²) in [6, 6.07) is 18.7. The number of hydrogen-bond donors (Lipinski definition) is 0. The molecule has 0 unspecified atom stereocenters. The quantitative estimate of drug-likeness (QED) is 0.511. The molecule has 0 bridgehead atoms. The molecule has 2 aromatic heterocycles. The van der Waals surface area contributed by atoms with E-state index in [9.17, 15) is 0 Å². The largest absolute Gasteiger partial charge is 0.494 e. The lowest BCUT2D eigenvalue weighted by atomic mass is 10.0. The average Bonchev–Trinajstić information content (AvgIpc) is 3.50. The maximum absolute atomic E-state index is 6.41. The lowest BCUT2D eigenvalue weighted by molar-refractivity contribution is 0.226. The van der Waals surface area contributed by atoms with Gasteiger partial charge in [0.15, 0.2) is 5.17 Å². The summed E-state index contributed by atoms with van der Waals surface area (Å²) in [5.41, 5.74) is 2.03. The number of amidine groups is 1. The number of aliphatic imine (C=N–C) groups is 1. The van der Waals surface area contributed by atoms with Crippen LogP contribution in [-0.2, 0) is 0 Å². The monoisotopic (exact) mass is 419 g/mol. The van der Waals surface area contributed by atoms with Gasteiger partial charge in [-0.2, -0.15) is 0 Å². The van der Waals surface area contributed by atoms with E-state index in [1.54, 1.807) is 0 Å². The summed E-state index contributed by atoms with van der Waals surface area (Å²) in [6.45, 7) is 4.89. The number of thioether (sulfide) groups is 1. The summed E-state index contributed by atoms with van der Waals surface area (Å²) in [6.07, 6.45) is 2.93. The molecular weight excluding hydrogens is 394 g/mol. The van der Waals surface area contributed by atoms with Crippen LogP contribution < -0.4 is 4.74 Å². The number of rotatable bonds is 6. The van der Waals surface area contributed by atoms with Crippen LogP contribution in [-0.4, -0.2) is 33.5 Å². The molecule has 0 radical (unpaired) electrons. The maximum atomic E-state index is 6.41. The number of benzene rings is 1. The minimum atomic E-state index is -0.0534. The summed E-state index contributed by atoms with van der Waals surface area (Å²) >= 11 is 1.84. The molecule has 6 heteroatoms. The molecule has 1 saturated heterocycles. The molecule has 0 spiro atoms. The Morgan fingerprint density at radius 3 is 2.70 bits per heavy atom. The smallest absolute Gasteiger partial charge is 0.161 e. The molecule has 3 aromatic rings. The van der Waals surface area contributed by atoms with Crippen LogP contribution in [0.3, 0.4) is 0 Å². The predicted molar refractivity (Wildman–Crippen MR) is 121 cm³/mol. The highest BCUT2D eigenvalue weighted by molar-refractivity contribution is 8.14. The molecule has 1 aromatic carbocycles. The number of nitrogens with zero attached hydrogens (tertiary/aromatic N) is 3. The van der Waals surface area contributed by atoms with E-state index in [0.29, 0.717) is 12.6 Å². The Balaban J connectivity index is 1.49. The van der Waals surface area contributed by atoms with E-state index in [0.717, 1.165) is 45.9 Å². The van der Waals surface area contributed by atoms with Crippen LogP contribution >= 0.6 is 11.8 Å². The number of ether oxygens (including phenoxy) is 1. The van der Waals surface area contributed by atoms with Gasteiger partial charge in [-0.15, -0.1) is 0 Å². The highest BCUT2D eigenvalue weighted by Crippen LogP contribution is 2.49. The van der Waals surface area contributed by atoms with Crippen molar-refractivity contribution in [1.29, 1.82) is 0 Å². The summed E-state index contributed by atoms with van der Waals surface area (Å²) in [5, 5.41) is 1.11. The fourth-order valence-corrected chi connectivity index (χ4v) is 5.55. The van der Waals surface area contributed by atoms with Crippen LogP contribution in [0.5, 0.6) is 5.75 Å². The van der Waals surface area contributed by atoms with E-state index in [4.69, 9.17) is 14.1 Å². The summed E-state index contributed by atoms with van der Waals surface area (Å²) in [4.78, 5) is 12.1. The van der Waals surface area contributed by atoms with Crippen molar-refractivity contribution in [2.45, 2.75) is 38.4 Å².